The molecule has 1 aromatic heterocycles. The third-order valence-corrected chi connectivity index (χ3v) is 1.88. The second-order valence-corrected chi connectivity index (χ2v) is 2.90. The number of halogens is 2. The van der Waals surface area contributed by atoms with Crippen LogP contribution in [0.25, 0.3) is 0 Å². The third-order valence-electron chi connectivity index (χ3n) is 1.21. The minimum atomic E-state index is -0.756. The first kappa shape index (κ1) is 10.0. The fourth-order valence-corrected chi connectivity index (χ4v) is 0.870. The van der Waals surface area contributed by atoms with Gasteiger partial charge in [-0.15, -0.1) is 0 Å². The summed E-state index contributed by atoms with van der Waals surface area (Å²) in [7, 11) is 0. The normalized spacial score (nSPS) is 9.77. The largest absolute Gasteiger partial charge is 0.406 e. The standard InChI is InChI=1S/C7H6BrFN2O2/c1-2-4(12)13-7-5(8)6(9)10-3-11-7/h3H,2H2,1H3. The molecule has 4 nitrogen and oxygen atoms in total. The molecule has 0 atom stereocenters. The zero-order chi connectivity index (χ0) is 9.84. The molecule has 1 heterocycles. The maximum Gasteiger partial charge on any atom is 0.312 e. The Morgan fingerprint density at radius 2 is 2.38 bits per heavy atom. The summed E-state index contributed by atoms with van der Waals surface area (Å²) in [5.41, 5.74) is 0. The minimum Gasteiger partial charge on any atom is -0.406 e. The van der Waals surface area contributed by atoms with Crippen molar-refractivity contribution >= 4 is 21.9 Å². The minimum absolute atomic E-state index is 0.0446. The molecule has 0 aliphatic rings. The summed E-state index contributed by atoms with van der Waals surface area (Å²) in [5.74, 6) is -1.33. The van der Waals surface area contributed by atoms with Gasteiger partial charge in [0, 0.05) is 6.42 Å². The Morgan fingerprint density at radius 1 is 1.69 bits per heavy atom. The first-order valence-corrected chi connectivity index (χ1v) is 4.31. The number of carbonyl (C=O) groups is 1. The summed E-state index contributed by atoms with van der Waals surface area (Å²) in [6.07, 6.45) is 1.19. The Hall–Kier alpha value is -1.04. The van der Waals surface area contributed by atoms with E-state index in [4.69, 9.17) is 4.74 Å². The summed E-state index contributed by atoms with van der Waals surface area (Å²) < 4.78 is 17.4. The lowest BCUT2D eigenvalue weighted by Gasteiger charge is -2.02. The molecule has 1 rings (SSSR count). The summed E-state index contributed by atoms with van der Waals surface area (Å²) in [6, 6.07) is 0. The van der Waals surface area contributed by atoms with Crippen LogP contribution in [0.15, 0.2) is 10.8 Å². The lowest BCUT2D eigenvalue weighted by molar-refractivity contribution is -0.134. The molecule has 0 saturated carbocycles. The topological polar surface area (TPSA) is 52.1 Å². The molecule has 0 unspecified atom stereocenters. The molecule has 13 heavy (non-hydrogen) atoms. The maximum atomic E-state index is 12.7. The van der Waals surface area contributed by atoms with Crippen molar-refractivity contribution in [3.63, 3.8) is 0 Å². The van der Waals surface area contributed by atoms with Crippen LogP contribution in [0.3, 0.4) is 0 Å². The van der Waals surface area contributed by atoms with Gasteiger partial charge in [0.15, 0.2) is 0 Å². The number of ether oxygens (including phenoxy) is 1. The van der Waals surface area contributed by atoms with E-state index in [1.165, 1.54) is 0 Å². The monoisotopic (exact) mass is 248 g/mol. The Bertz CT molecular complexity index is 332. The summed E-state index contributed by atoms with van der Waals surface area (Å²) in [6.45, 7) is 1.63. The van der Waals surface area contributed by atoms with Crippen LogP contribution < -0.4 is 4.74 Å². The fraction of sp³-hybridized carbons (Fsp3) is 0.286. The van der Waals surface area contributed by atoms with Gasteiger partial charge in [0.05, 0.1) is 0 Å². The molecule has 70 valence electrons. The van der Waals surface area contributed by atoms with Gasteiger partial charge in [0.2, 0.25) is 11.8 Å². The molecule has 0 saturated heterocycles. The van der Waals surface area contributed by atoms with Gasteiger partial charge < -0.3 is 4.74 Å². The van der Waals surface area contributed by atoms with Crippen molar-refractivity contribution in [3.05, 3.63) is 16.7 Å². The van der Waals surface area contributed by atoms with E-state index in [1.807, 2.05) is 0 Å². The van der Waals surface area contributed by atoms with Gasteiger partial charge in [-0.3, -0.25) is 4.79 Å². The number of carbonyl (C=O) groups excluding carboxylic acids is 1. The van der Waals surface area contributed by atoms with Crippen LogP contribution in [0.4, 0.5) is 4.39 Å². The highest BCUT2D eigenvalue weighted by molar-refractivity contribution is 9.10. The molecule has 0 bridgehead atoms. The van der Waals surface area contributed by atoms with E-state index in [0.717, 1.165) is 6.33 Å². The molecule has 0 aliphatic carbocycles. The number of hydrogen-bond donors (Lipinski definition) is 0. The Balaban J connectivity index is 2.89. The average Bonchev–Trinajstić information content (AvgIpc) is 2.13. The molecule has 0 fully saturated rings. The number of aromatic nitrogens is 2. The van der Waals surface area contributed by atoms with Gasteiger partial charge in [-0.1, -0.05) is 6.92 Å². The molecule has 6 heteroatoms. The highest BCUT2D eigenvalue weighted by atomic mass is 79.9. The zero-order valence-electron chi connectivity index (χ0n) is 6.75. The number of esters is 1. The van der Waals surface area contributed by atoms with E-state index in [9.17, 15) is 9.18 Å². The molecule has 0 aliphatic heterocycles. The van der Waals surface area contributed by atoms with Gasteiger partial charge in [-0.2, -0.15) is 4.39 Å². The van der Waals surface area contributed by atoms with Crippen LogP contribution in [-0.2, 0) is 4.79 Å². The highest BCUT2D eigenvalue weighted by Crippen LogP contribution is 2.23. The van der Waals surface area contributed by atoms with Crippen molar-refractivity contribution in [1.82, 2.24) is 9.97 Å². The summed E-state index contributed by atoms with van der Waals surface area (Å²) in [4.78, 5) is 17.7. The lowest BCUT2D eigenvalue weighted by atomic mass is 10.5. The fourth-order valence-electron chi connectivity index (χ4n) is 0.585. The molecular formula is C7H6BrFN2O2. The Morgan fingerprint density at radius 3 is 3.00 bits per heavy atom. The quantitative estimate of drug-likeness (QED) is 0.591. The van der Waals surface area contributed by atoms with E-state index >= 15 is 0 Å². The number of nitrogens with zero attached hydrogens (tertiary/aromatic N) is 2. The molecule has 0 radical (unpaired) electrons. The van der Waals surface area contributed by atoms with Crippen LogP contribution >= 0.6 is 15.9 Å². The van der Waals surface area contributed by atoms with Gasteiger partial charge in [0.25, 0.3) is 0 Å². The first-order valence-electron chi connectivity index (χ1n) is 3.51. The lowest BCUT2D eigenvalue weighted by Crippen LogP contribution is -2.08. The predicted octanol–water partition coefficient (Wildman–Crippen LogP) is 1.69. The highest BCUT2D eigenvalue weighted by Gasteiger charge is 2.11. The zero-order valence-corrected chi connectivity index (χ0v) is 8.34. The number of rotatable bonds is 2. The van der Waals surface area contributed by atoms with Crippen molar-refractivity contribution in [2.75, 3.05) is 0 Å². The summed E-state index contributed by atoms with van der Waals surface area (Å²) in [5, 5.41) is 0. The van der Waals surface area contributed by atoms with Gasteiger partial charge in [0.1, 0.15) is 10.8 Å². The smallest absolute Gasteiger partial charge is 0.312 e. The van der Waals surface area contributed by atoms with Crippen LogP contribution in [0, 0.1) is 5.95 Å². The van der Waals surface area contributed by atoms with Crippen molar-refractivity contribution in [2.24, 2.45) is 0 Å². The Kier molecular flexibility index (Phi) is 3.30. The second kappa shape index (κ2) is 4.27. The van der Waals surface area contributed by atoms with E-state index in [2.05, 4.69) is 25.9 Å². The summed E-state index contributed by atoms with van der Waals surface area (Å²) >= 11 is 2.86. The predicted molar refractivity (Wildman–Crippen MR) is 45.6 cm³/mol. The van der Waals surface area contributed by atoms with Gasteiger partial charge in [-0.05, 0) is 15.9 Å². The van der Waals surface area contributed by atoms with Crippen molar-refractivity contribution < 1.29 is 13.9 Å². The van der Waals surface area contributed by atoms with Crippen LogP contribution in [0.2, 0.25) is 0 Å². The van der Waals surface area contributed by atoms with E-state index < -0.39 is 11.9 Å². The second-order valence-electron chi connectivity index (χ2n) is 2.11. The number of hydrogen-bond acceptors (Lipinski definition) is 4. The SMILES string of the molecule is CCC(=O)Oc1ncnc(F)c1Br. The van der Waals surface area contributed by atoms with Crippen molar-refractivity contribution in [3.8, 4) is 5.88 Å². The van der Waals surface area contributed by atoms with E-state index in [1.54, 1.807) is 6.92 Å². The molecule has 0 spiro atoms. The first-order chi connectivity index (χ1) is 6.15. The van der Waals surface area contributed by atoms with Crippen molar-refractivity contribution in [2.45, 2.75) is 13.3 Å². The molecular weight excluding hydrogens is 243 g/mol. The van der Waals surface area contributed by atoms with Crippen LogP contribution in [-0.4, -0.2) is 15.9 Å². The maximum absolute atomic E-state index is 12.7. The third kappa shape index (κ3) is 2.45. The van der Waals surface area contributed by atoms with E-state index in [-0.39, 0.29) is 16.8 Å². The average molecular weight is 249 g/mol. The Labute approximate surface area is 82.3 Å². The molecule has 1 aromatic rings. The van der Waals surface area contributed by atoms with E-state index in [0.29, 0.717) is 0 Å². The van der Waals surface area contributed by atoms with Crippen LogP contribution in [0.1, 0.15) is 13.3 Å². The van der Waals surface area contributed by atoms with Gasteiger partial charge >= 0.3 is 5.97 Å². The molecule has 0 N–H and O–H groups in total. The molecule has 0 aromatic carbocycles. The van der Waals surface area contributed by atoms with Gasteiger partial charge in [-0.25, -0.2) is 9.97 Å². The van der Waals surface area contributed by atoms with Crippen molar-refractivity contribution in [1.29, 1.82) is 0 Å². The van der Waals surface area contributed by atoms with Crippen LogP contribution in [0.5, 0.6) is 5.88 Å². The molecule has 0 amide bonds.